The highest BCUT2D eigenvalue weighted by atomic mass is 16.5. The van der Waals surface area contributed by atoms with E-state index < -0.39 is 0 Å². The third-order valence-corrected chi connectivity index (χ3v) is 4.41. The number of benzene rings is 1. The van der Waals surface area contributed by atoms with Crippen LogP contribution >= 0.6 is 0 Å². The third kappa shape index (κ3) is 3.50. The van der Waals surface area contributed by atoms with Crippen LogP contribution in [-0.2, 0) is 5.41 Å². The van der Waals surface area contributed by atoms with Gasteiger partial charge in [0.2, 0.25) is 0 Å². The number of hydrogen-bond acceptors (Lipinski definition) is 2. The maximum Gasteiger partial charge on any atom is 0.119 e. The molecule has 2 heteroatoms. The van der Waals surface area contributed by atoms with Gasteiger partial charge in [0.25, 0.3) is 0 Å². The molecule has 1 atom stereocenters. The molecular weight excluding hydrogens is 234 g/mol. The minimum absolute atomic E-state index is 0.0979. The van der Waals surface area contributed by atoms with Gasteiger partial charge in [-0.05, 0) is 49.8 Å². The van der Waals surface area contributed by atoms with E-state index in [1.165, 1.54) is 31.2 Å². The zero-order valence-electron chi connectivity index (χ0n) is 12.3. The van der Waals surface area contributed by atoms with E-state index in [9.17, 15) is 0 Å². The van der Waals surface area contributed by atoms with Crippen LogP contribution in [0.15, 0.2) is 24.3 Å². The molecule has 1 aliphatic rings. The summed E-state index contributed by atoms with van der Waals surface area (Å²) < 4.78 is 6.01. The van der Waals surface area contributed by atoms with Crippen LogP contribution in [0.3, 0.4) is 0 Å². The van der Waals surface area contributed by atoms with Crippen molar-refractivity contribution in [3.63, 3.8) is 0 Å². The second-order valence-corrected chi connectivity index (χ2v) is 6.06. The second-order valence-electron chi connectivity index (χ2n) is 6.06. The summed E-state index contributed by atoms with van der Waals surface area (Å²) in [6, 6.07) is 8.59. The lowest BCUT2D eigenvalue weighted by Gasteiger charge is -2.28. The van der Waals surface area contributed by atoms with E-state index in [2.05, 4.69) is 38.1 Å². The lowest BCUT2D eigenvalue weighted by Crippen LogP contribution is -2.31. The van der Waals surface area contributed by atoms with E-state index in [0.717, 1.165) is 18.6 Å². The highest BCUT2D eigenvalue weighted by Gasteiger charge is 2.24. The summed E-state index contributed by atoms with van der Waals surface area (Å²) in [5, 5.41) is 0. The lowest BCUT2D eigenvalue weighted by molar-refractivity contribution is 0.210. The van der Waals surface area contributed by atoms with Crippen molar-refractivity contribution in [3.8, 4) is 5.75 Å². The molecule has 0 amide bonds. The molecule has 19 heavy (non-hydrogen) atoms. The molecule has 1 aliphatic carbocycles. The summed E-state index contributed by atoms with van der Waals surface area (Å²) in [7, 11) is 0. The average molecular weight is 261 g/mol. The molecule has 1 aromatic rings. The van der Waals surface area contributed by atoms with Gasteiger partial charge in [0, 0.05) is 12.0 Å². The van der Waals surface area contributed by atoms with Gasteiger partial charge in [-0.2, -0.15) is 0 Å². The van der Waals surface area contributed by atoms with Crippen molar-refractivity contribution < 1.29 is 4.74 Å². The monoisotopic (exact) mass is 261 g/mol. The topological polar surface area (TPSA) is 35.2 Å². The first kappa shape index (κ1) is 14.4. The van der Waals surface area contributed by atoms with E-state index >= 15 is 0 Å². The van der Waals surface area contributed by atoms with Crippen LogP contribution in [0.1, 0.15) is 57.9 Å². The van der Waals surface area contributed by atoms with E-state index in [1.807, 2.05) is 0 Å². The number of nitrogens with two attached hydrogens (primary N) is 1. The predicted octanol–water partition coefficient (Wildman–Crippen LogP) is 4.02. The van der Waals surface area contributed by atoms with Gasteiger partial charge in [-0.3, -0.25) is 0 Å². The molecule has 1 aromatic carbocycles. The Labute approximate surface area is 117 Å². The molecule has 0 bridgehead atoms. The average Bonchev–Trinajstić information content (AvgIpc) is 2.92. The molecule has 2 N–H and O–H groups in total. The SMILES string of the molecule is CCCC(C)(CN)c1ccc(OC2CCCC2)cc1. The Kier molecular flexibility index (Phi) is 4.87. The number of rotatable bonds is 6. The zero-order chi connectivity index (χ0) is 13.7. The zero-order valence-corrected chi connectivity index (χ0v) is 12.3. The van der Waals surface area contributed by atoms with Gasteiger partial charge in [-0.15, -0.1) is 0 Å². The Morgan fingerprint density at radius 1 is 1.21 bits per heavy atom. The molecule has 2 nitrogen and oxygen atoms in total. The van der Waals surface area contributed by atoms with E-state index in [-0.39, 0.29) is 5.41 Å². The summed E-state index contributed by atoms with van der Waals surface area (Å²) in [4.78, 5) is 0. The highest BCUT2D eigenvalue weighted by molar-refractivity contribution is 5.32. The minimum Gasteiger partial charge on any atom is -0.490 e. The van der Waals surface area contributed by atoms with Crippen molar-refractivity contribution in [3.05, 3.63) is 29.8 Å². The Balaban J connectivity index is 2.04. The predicted molar refractivity (Wildman–Crippen MR) is 80.6 cm³/mol. The Hall–Kier alpha value is -1.02. The smallest absolute Gasteiger partial charge is 0.119 e. The van der Waals surface area contributed by atoms with Gasteiger partial charge in [-0.25, -0.2) is 0 Å². The summed E-state index contributed by atoms with van der Waals surface area (Å²) in [6.07, 6.45) is 7.76. The standard InChI is InChI=1S/C17H27NO/c1-3-12-17(2,13-18)14-8-10-16(11-9-14)19-15-6-4-5-7-15/h8-11,15H,3-7,12-13,18H2,1-2H3. The van der Waals surface area contributed by atoms with Crippen LogP contribution in [0, 0.1) is 0 Å². The largest absolute Gasteiger partial charge is 0.490 e. The van der Waals surface area contributed by atoms with Crippen LogP contribution in [0.5, 0.6) is 5.75 Å². The van der Waals surface area contributed by atoms with Gasteiger partial charge in [-0.1, -0.05) is 32.4 Å². The second kappa shape index (κ2) is 6.42. The molecule has 0 radical (unpaired) electrons. The molecule has 106 valence electrons. The number of ether oxygens (including phenoxy) is 1. The van der Waals surface area contributed by atoms with Crippen molar-refractivity contribution in [2.45, 2.75) is 63.9 Å². The Morgan fingerprint density at radius 2 is 1.84 bits per heavy atom. The molecule has 0 saturated heterocycles. The molecule has 2 rings (SSSR count). The van der Waals surface area contributed by atoms with Crippen LogP contribution in [0.25, 0.3) is 0 Å². The van der Waals surface area contributed by atoms with Gasteiger partial charge in [0.1, 0.15) is 5.75 Å². The van der Waals surface area contributed by atoms with Crippen molar-refractivity contribution in [2.24, 2.45) is 5.73 Å². The fourth-order valence-electron chi connectivity index (χ4n) is 3.05. The Morgan fingerprint density at radius 3 is 2.37 bits per heavy atom. The molecule has 1 unspecified atom stereocenters. The molecule has 0 aromatic heterocycles. The quantitative estimate of drug-likeness (QED) is 0.839. The molecule has 0 aliphatic heterocycles. The van der Waals surface area contributed by atoms with E-state index in [4.69, 9.17) is 10.5 Å². The van der Waals surface area contributed by atoms with Crippen LogP contribution in [0.4, 0.5) is 0 Å². The Bertz CT molecular complexity index is 381. The molecule has 0 spiro atoms. The number of hydrogen-bond donors (Lipinski definition) is 1. The normalized spacial score (nSPS) is 19.3. The van der Waals surface area contributed by atoms with Gasteiger partial charge in [0.05, 0.1) is 6.10 Å². The maximum atomic E-state index is 6.01. The third-order valence-electron chi connectivity index (χ3n) is 4.41. The van der Waals surface area contributed by atoms with Crippen molar-refractivity contribution >= 4 is 0 Å². The highest BCUT2D eigenvalue weighted by Crippen LogP contribution is 2.30. The van der Waals surface area contributed by atoms with Crippen molar-refractivity contribution in [2.75, 3.05) is 6.54 Å². The lowest BCUT2D eigenvalue weighted by atomic mass is 9.79. The first-order valence-electron chi connectivity index (χ1n) is 7.65. The fraction of sp³-hybridized carbons (Fsp3) is 0.647. The van der Waals surface area contributed by atoms with Crippen molar-refractivity contribution in [1.29, 1.82) is 0 Å². The molecule has 0 heterocycles. The minimum atomic E-state index is 0.0979. The fourth-order valence-corrected chi connectivity index (χ4v) is 3.05. The summed E-state index contributed by atoms with van der Waals surface area (Å²) in [5.74, 6) is 1.01. The van der Waals surface area contributed by atoms with Crippen LogP contribution in [0.2, 0.25) is 0 Å². The molecule has 1 saturated carbocycles. The molecular formula is C17H27NO. The van der Waals surface area contributed by atoms with Gasteiger partial charge in [0.15, 0.2) is 0 Å². The molecule has 1 fully saturated rings. The first-order valence-corrected chi connectivity index (χ1v) is 7.65. The first-order chi connectivity index (χ1) is 9.18. The van der Waals surface area contributed by atoms with Crippen LogP contribution < -0.4 is 10.5 Å². The van der Waals surface area contributed by atoms with Crippen LogP contribution in [-0.4, -0.2) is 12.6 Å². The summed E-state index contributed by atoms with van der Waals surface area (Å²) in [5.41, 5.74) is 7.39. The maximum absolute atomic E-state index is 6.01. The van der Waals surface area contributed by atoms with E-state index in [0.29, 0.717) is 12.6 Å². The van der Waals surface area contributed by atoms with Gasteiger partial charge >= 0.3 is 0 Å². The van der Waals surface area contributed by atoms with E-state index in [1.54, 1.807) is 0 Å². The summed E-state index contributed by atoms with van der Waals surface area (Å²) >= 11 is 0. The van der Waals surface area contributed by atoms with Gasteiger partial charge < -0.3 is 10.5 Å². The van der Waals surface area contributed by atoms with Crippen molar-refractivity contribution in [1.82, 2.24) is 0 Å². The summed E-state index contributed by atoms with van der Waals surface area (Å²) in [6.45, 7) is 5.17.